The van der Waals surface area contributed by atoms with Gasteiger partial charge in [0.05, 0.1) is 12.7 Å². The van der Waals surface area contributed by atoms with Gasteiger partial charge in [0, 0.05) is 27.8 Å². The van der Waals surface area contributed by atoms with Gasteiger partial charge in [-0.2, -0.15) is 0 Å². The zero-order chi connectivity index (χ0) is 12.7. The number of hydrogen-bond acceptors (Lipinski definition) is 4. The van der Waals surface area contributed by atoms with Crippen LogP contribution in [0.25, 0.3) is 0 Å². The van der Waals surface area contributed by atoms with Gasteiger partial charge in [-0.25, -0.2) is 0 Å². The van der Waals surface area contributed by atoms with E-state index in [0.717, 1.165) is 20.0 Å². The Kier molecular flexibility index (Phi) is 25.2. The third-order valence-electron chi connectivity index (χ3n) is 0.708. The van der Waals surface area contributed by atoms with Crippen LogP contribution in [-0.4, -0.2) is 49.7 Å². The molecule has 0 spiro atoms. The predicted octanol–water partition coefficient (Wildman–Crippen LogP) is 1.15. The van der Waals surface area contributed by atoms with Gasteiger partial charge in [-0.05, 0) is 13.3 Å². The largest absolute Gasteiger partial charge is 0.481 e. The van der Waals surface area contributed by atoms with E-state index < -0.39 is 5.97 Å². The lowest BCUT2D eigenvalue weighted by atomic mass is 10.4. The molecular weight excluding hydrogens is 200 g/mol. The molecule has 0 aromatic heterocycles. The minimum Gasteiger partial charge on any atom is -0.481 e. The first kappa shape index (κ1) is 19.9. The molecule has 0 aliphatic rings. The molecule has 1 unspecified atom stereocenters. The number of aliphatic hydroxyl groups excluding tert-OH is 1. The van der Waals surface area contributed by atoms with Crippen molar-refractivity contribution >= 4 is 5.97 Å². The molecule has 0 bridgehead atoms. The third kappa shape index (κ3) is 90.9. The van der Waals surface area contributed by atoms with Gasteiger partial charge in [0.25, 0.3) is 5.97 Å². The van der Waals surface area contributed by atoms with Crippen molar-refractivity contribution in [1.29, 1.82) is 0 Å². The van der Waals surface area contributed by atoms with Crippen LogP contribution in [-0.2, 0) is 14.3 Å². The molecule has 5 heteroatoms. The monoisotopic (exact) mass is 224 g/mol. The van der Waals surface area contributed by atoms with Crippen LogP contribution < -0.4 is 0 Å². The summed E-state index contributed by atoms with van der Waals surface area (Å²) in [5, 5.41) is 16.1. The van der Waals surface area contributed by atoms with E-state index >= 15 is 0 Å². The van der Waals surface area contributed by atoms with Gasteiger partial charge in [-0.15, -0.1) is 0 Å². The van der Waals surface area contributed by atoms with Crippen LogP contribution in [0.2, 0.25) is 0 Å². The number of rotatable bonds is 4. The Morgan fingerprint density at radius 2 is 1.73 bits per heavy atom. The zero-order valence-electron chi connectivity index (χ0n) is 10.3. The van der Waals surface area contributed by atoms with E-state index in [9.17, 15) is 0 Å². The van der Waals surface area contributed by atoms with Crippen LogP contribution in [0.3, 0.4) is 0 Å². The Morgan fingerprint density at radius 3 is 1.93 bits per heavy atom. The van der Waals surface area contributed by atoms with Crippen LogP contribution >= 0.6 is 0 Å². The second-order valence-corrected chi connectivity index (χ2v) is 2.85. The average Bonchev–Trinajstić information content (AvgIpc) is 2.04. The summed E-state index contributed by atoms with van der Waals surface area (Å²) in [5.74, 6) is -0.833. The first-order chi connectivity index (χ1) is 6.92. The summed E-state index contributed by atoms with van der Waals surface area (Å²) in [6.07, 6.45) is 0.703. The fraction of sp³-hybridized carbons (Fsp3) is 0.900. The van der Waals surface area contributed by atoms with Crippen LogP contribution in [0.1, 0.15) is 27.2 Å². The second kappa shape index (κ2) is 19.0. The molecule has 94 valence electrons. The van der Waals surface area contributed by atoms with E-state index in [-0.39, 0.29) is 6.10 Å². The predicted molar refractivity (Wildman–Crippen MR) is 59.0 cm³/mol. The minimum absolute atomic E-state index is 0.318. The highest BCUT2D eigenvalue weighted by atomic mass is 16.5. The van der Waals surface area contributed by atoms with E-state index in [2.05, 4.69) is 4.74 Å². The smallest absolute Gasteiger partial charge is 0.300 e. The van der Waals surface area contributed by atoms with Gasteiger partial charge >= 0.3 is 0 Å². The highest BCUT2D eigenvalue weighted by Crippen LogP contribution is 1.83. The molecule has 0 aliphatic heterocycles. The summed E-state index contributed by atoms with van der Waals surface area (Å²) >= 11 is 0. The number of carbonyl (C=O) groups is 1. The topological polar surface area (TPSA) is 76.0 Å². The van der Waals surface area contributed by atoms with Crippen molar-refractivity contribution in [3.05, 3.63) is 0 Å². The van der Waals surface area contributed by atoms with Gasteiger partial charge in [0.15, 0.2) is 0 Å². The third-order valence-corrected chi connectivity index (χ3v) is 0.708. The summed E-state index contributed by atoms with van der Waals surface area (Å²) in [6.45, 7) is 6.07. The molecule has 0 fully saturated rings. The molecule has 0 aromatic carbocycles. The number of hydrogen-bond donors (Lipinski definition) is 2. The summed E-state index contributed by atoms with van der Waals surface area (Å²) in [5.41, 5.74) is 0. The number of methoxy groups -OCH3 is 1. The van der Waals surface area contributed by atoms with Crippen LogP contribution in [0.15, 0.2) is 0 Å². The highest BCUT2D eigenvalue weighted by Gasteiger charge is 1.91. The molecule has 0 saturated carbocycles. The molecule has 0 amide bonds. The van der Waals surface area contributed by atoms with E-state index in [1.807, 2.05) is 6.92 Å². The normalized spacial score (nSPS) is 10.3. The maximum absolute atomic E-state index is 9.00. The summed E-state index contributed by atoms with van der Waals surface area (Å²) in [4.78, 5) is 9.00. The van der Waals surface area contributed by atoms with Crippen molar-refractivity contribution in [3.8, 4) is 0 Å². The maximum atomic E-state index is 9.00. The number of carboxylic acids is 1. The lowest BCUT2D eigenvalue weighted by Gasteiger charge is -2.02. The van der Waals surface area contributed by atoms with Crippen LogP contribution in [0.4, 0.5) is 0 Å². The summed E-state index contributed by atoms with van der Waals surface area (Å²) in [7, 11) is 3.25. The van der Waals surface area contributed by atoms with Crippen molar-refractivity contribution < 1.29 is 24.5 Å². The Balaban J connectivity index is -0.000000173. The number of aliphatic hydroxyl groups is 1. The van der Waals surface area contributed by atoms with E-state index in [1.165, 1.54) is 0 Å². The Bertz CT molecular complexity index is 110. The lowest BCUT2D eigenvalue weighted by Crippen LogP contribution is -2.10. The van der Waals surface area contributed by atoms with E-state index in [4.69, 9.17) is 19.7 Å². The molecule has 0 saturated heterocycles. The lowest BCUT2D eigenvalue weighted by molar-refractivity contribution is -0.134. The molecule has 0 aliphatic carbocycles. The standard InChI is InChI=1S/C6H14O2.C2H4O2.C2H6O/c1-3-4-8-5-6(2)7;1-2(3)4;1-3-2/h6-7H,3-5H2,1-2H3;1H3,(H,3,4);1-2H3. The number of ether oxygens (including phenoxy) is 2. The fourth-order valence-corrected chi connectivity index (χ4v) is 0.398. The van der Waals surface area contributed by atoms with Crippen molar-refractivity contribution in [2.75, 3.05) is 27.4 Å². The Morgan fingerprint density at radius 1 is 1.40 bits per heavy atom. The zero-order valence-corrected chi connectivity index (χ0v) is 10.3. The minimum atomic E-state index is -0.833. The summed E-state index contributed by atoms with van der Waals surface area (Å²) < 4.78 is 9.24. The van der Waals surface area contributed by atoms with Crippen LogP contribution in [0.5, 0.6) is 0 Å². The first-order valence-electron chi connectivity index (χ1n) is 4.77. The molecule has 15 heavy (non-hydrogen) atoms. The van der Waals surface area contributed by atoms with Crippen molar-refractivity contribution in [2.45, 2.75) is 33.3 Å². The van der Waals surface area contributed by atoms with Gasteiger partial charge in [-0.3, -0.25) is 4.79 Å². The quantitative estimate of drug-likeness (QED) is 0.700. The molecular formula is C10H24O5. The molecule has 2 N–H and O–H groups in total. The van der Waals surface area contributed by atoms with E-state index in [1.54, 1.807) is 21.1 Å². The van der Waals surface area contributed by atoms with Gasteiger partial charge in [-0.1, -0.05) is 6.92 Å². The Hall–Kier alpha value is -0.650. The van der Waals surface area contributed by atoms with Crippen molar-refractivity contribution in [2.24, 2.45) is 0 Å². The number of aliphatic carboxylic acids is 1. The maximum Gasteiger partial charge on any atom is 0.300 e. The molecule has 1 atom stereocenters. The highest BCUT2D eigenvalue weighted by molar-refractivity contribution is 5.62. The number of carboxylic acid groups (broad SMARTS) is 1. The van der Waals surface area contributed by atoms with Gasteiger partial charge in [0.2, 0.25) is 0 Å². The van der Waals surface area contributed by atoms with Crippen molar-refractivity contribution in [1.82, 2.24) is 0 Å². The SMILES string of the molecule is CC(=O)O.CCCOCC(C)O.COC. The van der Waals surface area contributed by atoms with E-state index in [0.29, 0.717) is 6.61 Å². The molecule has 0 aromatic rings. The van der Waals surface area contributed by atoms with Gasteiger partial charge < -0.3 is 19.7 Å². The molecule has 0 heterocycles. The molecule has 5 nitrogen and oxygen atoms in total. The molecule has 0 radical (unpaired) electrons. The van der Waals surface area contributed by atoms with Crippen LogP contribution in [0, 0.1) is 0 Å². The Labute approximate surface area is 92.0 Å². The first-order valence-corrected chi connectivity index (χ1v) is 4.77. The fourth-order valence-electron chi connectivity index (χ4n) is 0.398. The van der Waals surface area contributed by atoms with Gasteiger partial charge in [0.1, 0.15) is 0 Å². The average molecular weight is 224 g/mol. The molecule has 0 rings (SSSR count). The second-order valence-electron chi connectivity index (χ2n) is 2.85. The van der Waals surface area contributed by atoms with Crippen molar-refractivity contribution in [3.63, 3.8) is 0 Å². The summed E-state index contributed by atoms with van der Waals surface area (Å²) in [6, 6.07) is 0.